The monoisotopic (exact) mass is 279 g/mol. The second-order valence-electron chi connectivity index (χ2n) is 3.64. The Morgan fingerprint density at radius 2 is 2.19 bits per heavy atom. The molecule has 0 unspecified atom stereocenters. The van der Waals surface area contributed by atoms with Gasteiger partial charge in [0.1, 0.15) is 0 Å². The lowest BCUT2D eigenvalue weighted by Gasteiger charge is -2.09. The van der Waals surface area contributed by atoms with Gasteiger partial charge in [0.2, 0.25) is 5.95 Å². The lowest BCUT2D eigenvalue weighted by molar-refractivity contribution is 1.02. The quantitative estimate of drug-likeness (QED) is 0.934. The van der Waals surface area contributed by atoms with E-state index in [1.54, 1.807) is 6.20 Å². The van der Waals surface area contributed by atoms with Crippen LogP contribution in [0, 0.1) is 6.92 Å². The van der Waals surface area contributed by atoms with E-state index < -0.39 is 0 Å². The largest absolute Gasteiger partial charge is 0.356 e. The number of rotatable bonds is 3. The Balaban J connectivity index is 2.45. The van der Waals surface area contributed by atoms with Crippen LogP contribution < -0.4 is 5.32 Å². The van der Waals surface area contributed by atoms with Gasteiger partial charge in [0, 0.05) is 29.1 Å². The number of benzene rings is 1. The highest BCUT2D eigenvalue weighted by Crippen LogP contribution is 2.21. The molecule has 2 rings (SSSR count). The molecule has 0 saturated heterocycles. The van der Waals surface area contributed by atoms with E-state index in [2.05, 4.69) is 58.3 Å². The first-order valence-electron chi connectivity index (χ1n) is 5.25. The Kier molecular flexibility index (Phi) is 3.29. The predicted molar refractivity (Wildman–Crippen MR) is 70.2 cm³/mol. The highest BCUT2D eigenvalue weighted by molar-refractivity contribution is 9.10. The summed E-state index contributed by atoms with van der Waals surface area (Å²) in [5.74, 6) is 0.875. The summed E-state index contributed by atoms with van der Waals surface area (Å²) < 4.78 is 3.12. The summed E-state index contributed by atoms with van der Waals surface area (Å²) in [6.45, 7) is 5.01. The second kappa shape index (κ2) is 4.70. The zero-order valence-corrected chi connectivity index (χ0v) is 11.0. The van der Waals surface area contributed by atoms with Crippen molar-refractivity contribution in [2.24, 2.45) is 0 Å². The second-order valence-corrected chi connectivity index (χ2v) is 4.55. The number of hydrogen-bond acceptors (Lipinski definition) is 2. The lowest BCUT2D eigenvalue weighted by Crippen LogP contribution is -2.05. The van der Waals surface area contributed by atoms with Gasteiger partial charge in [-0.25, -0.2) is 4.98 Å². The molecular weight excluding hydrogens is 266 g/mol. The Morgan fingerprint density at radius 1 is 1.38 bits per heavy atom. The van der Waals surface area contributed by atoms with Gasteiger partial charge in [0.05, 0.1) is 0 Å². The van der Waals surface area contributed by atoms with Crippen LogP contribution in [0.3, 0.4) is 0 Å². The molecule has 1 heterocycles. The van der Waals surface area contributed by atoms with Crippen LogP contribution in [0.15, 0.2) is 35.1 Å². The van der Waals surface area contributed by atoms with Crippen LogP contribution >= 0.6 is 15.9 Å². The highest BCUT2D eigenvalue weighted by atomic mass is 79.9. The summed E-state index contributed by atoms with van der Waals surface area (Å²) in [6.07, 6.45) is 3.76. The van der Waals surface area contributed by atoms with Crippen molar-refractivity contribution in [2.75, 3.05) is 11.9 Å². The molecule has 0 radical (unpaired) electrons. The van der Waals surface area contributed by atoms with Crippen LogP contribution in [0.25, 0.3) is 5.69 Å². The third-order valence-electron chi connectivity index (χ3n) is 2.28. The fourth-order valence-electron chi connectivity index (χ4n) is 1.66. The van der Waals surface area contributed by atoms with Gasteiger partial charge in [-0.3, -0.25) is 4.57 Å². The third-order valence-corrected chi connectivity index (χ3v) is 2.74. The first kappa shape index (κ1) is 11.2. The van der Waals surface area contributed by atoms with E-state index in [1.165, 1.54) is 5.56 Å². The molecule has 0 bridgehead atoms. The molecule has 84 valence electrons. The zero-order chi connectivity index (χ0) is 11.5. The molecule has 2 aromatic rings. The SMILES string of the molecule is CCNc1nccn1-c1cc(C)cc(Br)c1. The molecule has 0 aliphatic carbocycles. The van der Waals surface area contributed by atoms with E-state index in [9.17, 15) is 0 Å². The van der Waals surface area contributed by atoms with Crippen molar-refractivity contribution in [3.8, 4) is 5.69 Å². The highest BCUT2D eigenvalue weighted by Gasteiger charge is 2.04. The molecule has 3 nitrogen and oxygen atoms in total. The average Bonchev–Trinajstić information content (AvgIpc) is 2.65. The molecule has 0 atom stereocenters. The molecule has 0 amide bonds. The first-order valence-corrected chi connectivity index (χ1v) is 6.05. The number of nitrogens with zero attached hydrogens (tertiary/aromatic N) is 2. The van der Waals surface area contributed by atoms with Crippen LogP contribution in [0.1, 0.15) is 12.5 Å². The van der Waals surface area contributed by atoms with Crippen LogP contribution in [0.2, 0.25) is 0 Å². The van der Waals surface area contributed by atoms with Gasteiger partial charge in [0.25, 0.3) is 0 Å². The fourth-order valence-corrected chi connectivity index (χ4v) is 2.25. The van der Waals surface area contributed by atoms with Crippen LogP contribution in [0.5, 0.6) is 0 Å². The van der Waals surface area contributed by atoms with E-state index in [0.29, 0.717) is 0 Å². The van der Waals surface area contributed by atoms with Crippen LogP contribution in [-0.2, 0) is 0 Å². The number of aromatic nitrogens is 2. The van der Waals surface area contributed by atoms with Gasteiger partial charge < -0.3 is 5.32 Å². The van der Waals surface area contributed by atoms with Crippen LogP contribution in [-0.4, -0.2) is 16.1 Å². The number of halogens is 1. The van der Waals surface area contributed by atoms with Crippen molar-refractivity contribution in [3.63, 3.8) is 0 Å². The van der Waals surface area contributed by atoms with Crippen molar-refractivity contribution in [1.29, 1.82) is 0 Å². The van der Waals surface area contributed by atoms with E-state index in [0.717, 1.165) is 22.7 Å². The van der Waals surface area contributed by atoms with E-state index in [1.807, 2.05) is 10.8 Å². The number of nitrogens with one attached hydrogen (secondary N) is 1. The average molecular weight is 280 g/mol. The van der Waals surface area contributed by atoms with Gasteiger partial charge in [-0.15, -0.1) is 0 Å². The first-order chi connectivity index (χ1) is 7.70. The smallest absolute Gasteiger partial charge is 0.207 e. The standard InChI is InChI=1S/C12H14BrN3/c1-3-14-12-15-4-5-16(12)11-7-9(2)6-10(13)8-11/h4-8H,3H2,1-2H3,(H,14,15). The molecule has 0 saturated carbocycles. The minimum Gasteiger partial charge on any atom is -0.356 e. The van der Waals surface area contributed by atoms with Crippen molar-refractivity contribution >= 4 is 21.9 Å². The summed E-state index contributed by atoms with van der Waals surface area (Å²) >= 11 is 3.51. The summed E-state index contributed by atoms with van der Waals surface area (Å²) in [5.41, 5.74) is 2.33. The van der Waals surface area contributed by atoms with Crippen molar-refractivity contribution in [2.45, 2.75) is 13.8 Å². The Morgan fingerprint density at radius 3 is 2.88 bits per heavy atom. The third kappa shape index (κ3) is 2.27. The molecule has 1 N–H and O–H groups in total. The van der Waals surface area contributed by atoms with Gasteiger partial charge >= 0.3 is 0 Å². The molecule has 16 heavy (non-hydrogen) atoms. The molecule has 0 spiro atoms. The molecule has 1 aromatic heterocycles. The van der Waals surface area contributed by atoms with Gasteiger partial charge in [-0.1, -0.05) is 15.9 Å². The maximum atomic E-state index is 4.28. The van der Waals surface area contributed by atoms with E-state index >= 15 is 0 Å². The Labute approximate surface area is 104 Å². The summed E-state index contributed by atoms with van der Waals surface area (Å²) in [4.78, 5) is 4.28. The molecule has 1 aromatic carbocycles. The maximum absolute atomic E-state index is 4.28. The lowest BCUT2D eigenvalue weighted by atomic mass is 10.2. The number of anilines is 1. The normalized spacial score (nSPS) is 10.4. The topological polar surface area (TPSA) is 29.9 Å². The number of hydrogen-bond donors (Lipinski definition) is 1. The van der Waals surface area contributed by atoms with Crippen molar-refractivity contribution in [3.05, 3.63) is 40.6 Å². The minimum absolute atomic E-state index is 0.865. The van der Waals surface area contributed by atoms with Crippen LogP contribution in [0.4, 0.5) is 5.95 Å². The Hall–Kier alpha value is -1.29. The summed E-state index contributed by atoms with van der Waals surface area (Å²) in [7, 11) is 0. The number of aryl methyl sites for hydroxylation is 1. The van der Waals surface area contributed by atoms with Gasteiger partial charge in [-0.2, -0.15) is 0 Å². The molecule has 0 fully saturated rings. The fraction of sp³-hybridized carbons (Fsp3) is 0.250. The zero-order valence-electron chi connectivity index (χ0n) is 9.37. The molecule has 0 aliphatic rings. The molecule has 4 heteroatoms. The minimum atomic E-state index is 0.865. The summed E-state index contributed by atoms with van der Waals surface area (Å²) in [6, 6.07) is 6.30. The molecular formula is C12H14BrN3. The van der Waals surface area contributed by atoms with E-state index in [4.69, 9.17) is 0 Å². The number of imidazole rings is 1. The predicted octanol–water partition coefficient (Wildman–Crippen LogP) is 3.38. The van der Waals surface area contributed by atoms with Gasteiger partial charge in [0.15, 0.2) is 0 Å². The van der Waals surface area contributed by atoms with Gasteiger partial charge in [-0.05, 0) is 37.6 Å². The van der Waals surface area contributed by atoms with Crippen molar-refractivity contribution < 1.29 is 0 Å². The summed E-state index contributed by atoms with van der Waals surface area (Å²) in [5, 5.41) is 3.23. The van der Waals surface area contributed by atoms with Crippen molar-refractivity contribution in [1.82, 2.24) is 9.55 Å². The maximum Gasteiger partial charge on any atom is 0.207 e. The van der Waals surface area contributed by atoms with E-state index in [-0.39, 0.29) is 0 Å². The Bertz CT molecular complexity index is 471. The molecule has 0 aliphatic heterocycles.